The second kappa shape index (κ2) is 7.95. The number of carbonyl (C=O) groups excluding carboxylic acids is 2. The Balaban J connectivity index is 1.84. The van der Waals surface area contributed by atoms with Crippen molar-refractivity contribution in [2.75, 3.05) is 11.6 Å². The minimum absolute atomic E-state index is 0.253. The summed E-state index contributed by atoms with van der Waals surface area (Å²) in [6.45, 7) is 2.15. The highest BCUT2D eigenvalue weighted by Gasteiger charge is 2.13. The van der Waals surface area contributed by atoms with Gasteiger partial charge in [-0.25, -0.2) is 4.98 Å². The van der Waals surface area contributed by atoms with E-state index < -0.39 is 11.8 Å². The van der Waals surface area contributed by atoms with E-state index in [2.05, 4.69) is 15.6 Å². The molecule has 2 rings (SSSR count). The number of aromatic nitrogens is 1. The van der Waals surface area contributed by atoms with Gasteiger partial charge in [0.15, 0.2) is 0 Å². The fourth-order valence-electron chi connectivity index (χ4n) is 1.78. The van der Waals surface area contributed by atoms with Crippen LogP contribution in [-0.2, 0) is 21.9 Å². The Bertz CT molecular complexity index is 653. The molecule has 7 heteroatoms. The molecular weight excluding hydrogens is 318 g/mol. The van der Waals surface area contributed by atoms with Gasteiger partial charge >= 0.3 is 11.8 Å². The molecule has 1 heterocycles. The van der Waals surface area contributed by atoms with Crippen LogP contribution in [0.5, 0.6) is 0 Å². The normalized spacial score (nSPS) is 10.3. The topological polar surface area (TPSA) is 71.1 Å². The molecule has 0 radical (unpaired) electrons. The van der Waals surface area contributed by atoms with E-state index in [0.29, 0.717) is 5.69 Å². The van der Waals surface area contributed by atoms with Gasteiger partial charge in [0.2, 0.25) is 0 Å². The van der Waals surface area contributed by atoms with Crippen LogP contribution in [0.1, 0.15) is 16.3 Å². The van der Waals surface area contributed by atoms with Gasteiger partial charge in [0.1, 0.15) is 0 Å². The molecule has 116 valence electrons. The molecule has 22 heavy (non-hydrogen) atoms. The summed E-state index contributed by atoms with van der Waals surface area (Å²) in [5.41, 5.74) is 2.54. The van der Waals surface area contributed by atoms with Crippen LogP contribution in [0.25, 0.3) is 0 Å². The fourth-order valence-corrected chi connectivity index (χ4v) is 2.92. The quantitative estimate of drug-likeness (QED) is 0.824. The van der Waals surface area contributed by atoms with Crippen LogP contribution < -0.4 is 10.6 Å². The van der Waals surface area contributed by atoms with Gasteiger partial charge in [-0.05, 0) is 30.9 Å². The van der Waals surface area contributed by atoms with E-state index >= 15 is 0 Å². The first-order valence-corrected chi connectivity index (χ1v) is 8.94. The first kappa shape index (κ1) is 16.5. The molecule has 0 bridgehead atoms. The molecule has 2 N–H and O–H groups in total. The fraction of sp³-hybridized carbons (Fsp3) is 0.267. The minimum atomic E-state index is -0.676. The first-order valence-electron chi connectivity index (χ1n) is 6.66. The predicted molar refractivity (Wildman–Crippen MR) is 91.0 cm³/mol. The van der Waals surface area contributed by atoms with Crippen LogP contribution in [0.15, 0.2) is 29.6 Å². The van der Waals surface area contributed by atoms with E-state index in [4.69, 9.17) is 0 Å². The lowest BCUT2D eigenvalue weighted by atomic mass is 10.2. The lowest BCUT2D eigenvalue weighted by Crippen LogP contribution is -2.35. The Morgan fingerprint density at radius 3 is 2.55 bits per heavy atom. The van der Waals surface area contributed by atoms with Crippen molar-refractivity contribution in [3.05, 3.63) is 45.9 Å². The number of anilines is 1. The Labute approximate surface area is 137 Å². The van der Waals surface area contributed by atoms with Crippen molar-refractivity contribution in [3.63, 3.8) is 0 Å². The summed E-state index contributed by atoms with van der Waals surface area (Å²) < 4.78 is 0. The van der Waals surface area contributed by atoms with Crippen LogP contribution in [-0.4, -0.2) is 23.1 Å². The molecule has 1 aromatic heterocycles. The van der Waals surface area contributed by atoms with Gasteiger partial charge in [0.05, 0.1) is 17.2 Å². The van der Waals surface area contributed by atoms with Crippen molar-refractivity contribution in [3.8, 4) is 0 Å². The van der Waals surface area contributed by atoms with E-state index in [-0.39, 0.29) is 6.54 Å². The zero-order chi connectivity index (χ0) is 15.9. The van der Waals surface area contributed by atoms with E-state index in [0.717, 1.165) is 16.5 Å². The van der Waals surface area contributed by atoms with Crippen LogP contribution >= 0.6 is 23.1 Å². The maximum atomic E-state index is 11.8. The van der Waals surface area contributed by atoms with Gasteiger partial charge in [-0.15, -0.1) is 11.3 Å². The number of hydrogen-bond acceptors (Lipinski definition) is 5. The average Bonchev–Trinajstić information content (AvgIpc) is 2.92. The van der Waals surface area contributed by atoms with Crippen LogP contribution in [0.2, 0.25) is 0 Å². The maximum Gasteiger partial charge on any atom is 0.313 e. The Kier molecular flexibility index (Phi) is 5.97. The number of rotatable bonds is 5. The van der Waals surface area contributed by atoms with Crippen molar-refractivity contribution in [1.82, 2.24) is 10.3 Å². The molecule has 0 aliphatic heterocycles. The van der Waals surface area contributed by atoms with Crippen molar-refractivity contribution in [1.29, 1.82) is 0 Å². The molecule has 0 spiro atoms. The molecular formula is C15H17N3O2S2. The minimum Gasteiger partial charge on any atom is -0.342 e. The lowest BCUT2D eigenvalue weighted by molar-refractivity contribution is -0.136. The number of thiazole rings is 1. The number of thioether (sulfide) groups is 1. The molecule has 2 amide bonds. The number of nitrogens with one attached hydrogen (secondary N) is 2. The SMILES string of the molecule is CSCc1ccc(NC(=O)C(=O)NCc2csc(C)n2)cc1. The average molecular weight is 335 g/mol. The molecule has 1 aromatic carbocycles. The smallest absolute Gasteiger partial charge is 0.313 e. The molecule has 5 nitrogen and oxygen atoms in total. The number of nitrogens with zero attached hydrogens (tertiary/aromatic N) is 1. The van der Waals surface area contributed by atoms with Crippen molar-refractivity contribution in [2.45, 2.75) is 19.2 Å². The van der Waals surface area contributed by atoms with Crippen LogP contribution in [0, 0.1) is 6.92 Å². The number of aryl methyl sites for hydroxylation is 1. The molecule has 0 saturated heterocycles. The predicted octanol–water partition coefficient (Wildman–Crippen LogP) is 2.57. The van der Waals surface area contributed by atoms with E-state index in [1.165, 1.54) is 16.9 Å². The zero-order valence-electron chi connectivity index (χ0n) is 12.4. The standard InChI is InChI=1S/C15H17N3O2S2/c1-10-17-13(9-22-10)7-16-14(19)15(20)18-12-5-3-11(4-6-12)8-21-2/h3-6,9H,7-8H2,1-2H3,(H,16,19)(H,18,20). The third kappa shape index (κ3) is 4.85. The summed E-state index contributed by atoms with van der Waals surface area (Å²) in [4.78, 5) is 27.8. The highest BCUT2D eigenvalue weighted by atomic mass is 32.2. The summed E-state index contributed by atoms with van der Waals surface area (Å²) >= 11 is 3.24. The van der Waals surface area contributed by atoms with Gasteiger partial charge < -0.3 is 10.6 Å². The second-order valence-electron chi connectivity index (χ2n) is 4.62. The Morgan fingerprint density at radius 2 is 1.95 bits per heavy atom. The third-order valence-electron chi connectivity index (χ3n) is 2.83. The molecule has 0 aliphatic rings. The van der Waals surface area contributed by atoms with Gasteiger partial charge in [0, 0.05) is 16.8 Å². The van der Waals surface area contributed by atoms with E-state index in [1.54, 1.807) is 23.9 Å². The summed E-state index contributed by atoms with van der Waals surface area (Å²) in [7, 11) is 0. The number of carbonyl (C=O) groups is 2. The monoisotopic (exact) mass is 335 g/mol. The summed E-state index contributed by atoms with van der Waals surface area (Å²) in [5.74, 6) is -0.426. The van der Waals surface area contributed by atoms with Gasteiger partial charge in [-0.3, -0.25) is 9.59 Å². The van der Waals surface area contributed by atoms with E-state index in [1.807, 2.05) is 30.7 Å². The van der Waals surface area contributed by atoms with Gasteiger partial charge in [-0.1, -0.05) is 12.1 Å². The molecule has 0 atom stereocenters. The molecule has 0 fully saturated rings. The number of amides is 2. The van der Waals surface area contributed by atoms with Gasteiger partial charge in [-0.2, -0.15) is 11.8 Å². The maximum absolute atomic E-state index is 11.8. The Hall–Kier alpha value is -1.86. The summed E-state index contributed by atoms with van der Waals surface area (Å²) in [6.07, 6.45) is 2.03. The largest absolute Gasteiger partial charge is 0.342 e. The first-order chi connectivity index (χ1) is 10.6. The van der Waals surface area contributed by atoms with Crippen molar-refractivity contribution < 1.29 is 9.59 Å². The molecule has 0 unspecified atom stereocenters. The van der Waals surface area contributed by atoms with Crippen molar-refractivity contribution in [2.24, 2.45) is 0 Å². The molecule has 0 saturated carbocycles. The number of benzene rings is 1. The van der Waals surface area contributed by atoms with Crippen LogP contribution in [0.3, 0.4) is 0 Å². The summed E-state index contributed by atoms with van der Waals surface area (Å²) in [5, 5.41) is 7.92. The lowest BCUT2D eigenvalue weighted by Gasteiger charge is -2.06. The summed E-state index contributed by atoms with van der Waals surface area (Å²) in [6, 6.07) is 7.45. The Morgan fingerprint density at radius 1 is 1.23 bits per heavy atom. The van der Waals surface area contributed by atoms with Crippen molar-refractivity contribution >= 4 is 40.6 Å². The van der Waals surface area contributed by atoms with Crippen LogP contribution in [0.4, 0.5) is 5.69 Å². The molecule has 2 aromatic rings. The molecule has 0 aliphatic carbocycles. The van der Waals surface area contributed by atoms with Gasteiger partial charge in [0.25, 0.3) is 0 Å². The number of hydrogen-bond donors (Lipinski definition) is 2. The highest BCUT2D eigenvalue weighted by molar-refractivity contribution is 7.97. The zero-order valence-corrected chi connectivity index (χ0v) is 14.0. The van der Waals surface area contributed by atoms with E-state index in [9.17, 15) is 9.59 Å². The third-order valence-corrected chi connectivity index (χ3v) is 4.27. The second-order valence-corrected chi connectivity index (χ2v) is 6.55. The highest BCUT2D eigenvalue weighted by Crippen LogP contribution is 2.13.